The molecule has 0 fully saturated rings. The Hall–Kier alpha value is -1.27. The molecule has 16 heavy (non-hydrogen) atoms. The third kappa shape index (κ3) is 1.98. The van der Waals surface area contributed by atoms with E-state index in [9.17, 15) is 0 Å². The van der Waals surface area contributed by atoms with Crippen molar-refractivity contribution in [3.8, 4) is 0 Å². The van der Waals surface area contributed by atoms with Crippen molar-refractivity contribution in [3.63, 3.8) is 0 Å². The minimum atomic E-state index is -0.595. The normalized spacial score (nSPS) is 24.6. The Kier molecular flexibility index (Phi) is 3.31. The van der Waals surface area contributed by atoms with Crippen LogP contribution in [-0.4, -0.2) is 49.1 Å². The molecule has 0 aromatic heterocycles. The van der Waals surface area contributed by atoms with Crippen LogP contribution in [0.15, 0.2) is 21.4 Å². The molecule has 2 aliphatic heterocycles. The highest BCUT2D eigenvalue weighted by molar-refractivity contribution is 6.27. The summed E-state index contributed by atoms with van der Waals surface area (Å²) in [4.78, 5) is 8.36. The van der Waals surface area contributed by atoms with Crippen LogP contribution in [0.25, 0.3) is 0 Å². The van der Waals surface area contributed by atoms with Crippen molar-refractivity contribution in [1.82, 2.24) is 10.6 Å². The van der Waals surface area contributed by atoms with E-state index < -0.39 is 5.50 Å². The van der Waals surface area contributed by atoms with Crippen LogP contribution in [0.2, 0.25) is 0 Å². The third-order valence-electron chi connectivity index (χ3n) is 2.29. The number of hydrogen-bond acceptors (Lipinski definition) is 6. The largest absolute Gasteiger partial charge is 0.482 e. The Morgan fingerprint density at radius 2 is 2.44 bits per heavy atom. The van der Waals surface area contributed by atoms with Gasteiger partial charge in [0.25, 0.3) is 0 Å². The number of aliphatic hydroxyl groups excluding tert-OH is 1. The Morgan fingerprint density at radius 3 is 3.00 bits per heavy atom. The molecule has 3 N–H and O–H groups in total. The van der Waals surface area contributed by atoms with Gasteiger partial charge in [-0.25, -0.2) is 4.99 Å². The molecule has 0 saturated carbocycles. The molecule has 6 nitrogen and oxygen atoms in total. The molecule has 2 rings (SSSR count). The van der Waals surface area contributed by atoms with E-state index in [4.69, 9.17) is 21.4 Å². The number of amidine groups is 2. The highest BCUT2D eigenvalue weighted by atomic mass is 35.5. The number of nitrogens with zero attached hydrogens (tertiary/aromatic N) is 2. The van der Waals surface area contributed by atoms with E-state index in [-0.39, 0.29) is 6.61 Å². The molecule has 0 spiro atoms. The zero-order valence-electron chi connectivity index (χ0n) is 8.83. The first-order valence-corrected chi connectivity index (χ1v) is 5.35. The Balaban J connectivity index is 2.29. The standard InChI is InChI=1S/C9H13ClN4O2/c1-16-9-6(8-11-2-3-12-8)7(10)13-5(4-15)14-9/h7,15H,2-4H2,1H3,(H,11,12)(H,13,14). The summed E-state index contributed by atoms with van der Waals surface area (Å²) < 4.78 is 5.19. The number of nitrogens with one attached hydrogen (secondary N) is 2. The maximum atomic E-state index is 9.00. The van der Waals surface area contributed by atoms with E-state index in [1.807, 2.05) is 0 Å². The molecule has 0 radical (unpaired) electrons. The molecular weight excluding hydrogens is 232 g/mol. The number of alkyl halides is 1. The summed E-state index contributed by atoms with van der Waals surface area (Å²) in [6.45, 7) is 1.30. The third-order valence-corrected chi connectivity index (χ3v) is 2.61. The number of aliphatic hydroxyl groups is 1. The van der Waals surface area contributed by atoms with Crippen LogP contribution in [0.4, 0.5) is 0 Å². The second-order valence-electron chi connectivity index (χ2n) is 3.30. The maximum Gasteiger partial charge on any atom is 0.202 e. The quantitative estimate of drug-likeness (QED) is 0.458. The van der Waals surface area contributed by atoms with Crippen molar-refractivity contribution >= 4 is 23.3 Å². The average Bonchev–Trinajstić information content (AvgIpc) is 2.81. The number of rotatable bonds is 3. The van der Waals surface area contributed by atoms with Gasteiger partial charge in [-0.05, 0) is 0 Å². The predicted octanol–water partition coefficient (Wildman–Crippen LogP) is -0.595. The van der Waals surface area contributed by atoms with Gasteiger partial charge in [0.2, 0.25) is 5.88 Å². The zero-order chi connectivity index (χ0) is 11.5. The van der Waals surface area contributed by atoms with Gasteiger partial charge < -0.3 is 20.5 Å². The summed E-state index contributed by atoms with van der Waals surface area (Å²) in [5, 5.41) is 15.0. The van der Waals surface area contributed by atoms with E-state index in [0.717, 1.165) is 13.1 Å². The number of hydrogen-bond donors (Lipinski definition) is 3. The fourth-order valence-electron chi connectivity index (χ4n) is 1.58. The summed E-state index contributed by atoms with van der Waals surface area (Å²) in [6.07, 6.45) is 0. The highest BCUT2D eigenvalue weighted by Gasteiger charge is 2.28. The molecular formula is C9H13ClN4O2. The first-order chi connectivity index (χ1) is 7.76. The Morgan fingerprint density at radius 1 is 1.62 bits per heavy atom. The molecule has 0 saturated heterocycles. The fourth-order valence-corrected chi connectivity index (χ4v) is 1.90. The number of halogens is 1. The molecule has 0 amide bonds. The van der Waals surface area contributed by atoms with Crippen LogP contribution in [-0.2, 0) is 4.74 Å². The fraction of sp³-hybridized carbons (Fsp3) is 0.556. The van der Waals surface area contributed by atoms with Crippen molar-refractivity contribution < 1.29 is 9.84 Å². The van der Waals surface area contributed by atoms with Gasteiger partial charge in [-0.2, -0.15) is 0 Å². The molecule has 0 aromatic rings. The molecule has 2 heterocycles. The van der Waals surface area contributed by atoms with Crippen molar-refractivity contribution in [2.45, 2.75) is 5.50 Å². The minimum Gasteiger partial charge on any atom is -0.482 e. The molecule has 1 atom stereocenters. The minimum absolute atomic E-state index is 0.205. The lowest BCUT2D eigenvalue weighted by atomic mass is 10.2. The van der Waals surface area contributed by atoms with Crippen LogP contribution >= 0.6 is 11.6 Å². The number of aliphatic imine (C=N–C) groups is 2. The average molecular weight is 245 g/mol. The lowest BCUT2D eigenvalue weighted by molar-refractivity contribution is 0.265. The number of ether oxygens (including phenoxy) is 1. The highest BCUT2D eigenvalue weighted by Crippen LogP contribution is 2.21. The van der Waals surface area contributed by atoms with Gasteiger partial charge in [0.15, 0.2) is 5.50 Å². The summed E-state index contributed by atoms with van der Waals surface area (Å²) in [7, 11) is 1.53. The predicted molar refractivity (Wildman–Crippen MR) is 61.6 cm³/mol. The van der Waals surface area contributed by atoms with Gasteiger partial charge in [-0.1, -0.05) is 11.6 Å². The topological polar surface area (TPSA) is 78.2 Å². The van der Waals surface area contributed by atoms with Crippen LogP contribution in [0, 0.1) is 0 Å². The van der Waals surface area contributed by atoms with E-state index >= 15 is 0 Å². The summed E-state index contributed by atoms with van der Waals surface area (Å²) in [5.41, 5.74) is 0.0848. The van der Waals surface area contributed by atoms with Crippen LogP contribution in [0.1, 0.15) is 0 Å². The van der Waals surface area contributed by atoms with E-state index in [1.165, 1.54) is 7.11 Å². The molecule has 0 bridgehead atoms. The lowest BCUT2D eigenvalue weighted by Crippen LogP contribution is -2.38. The van der Waals surface area contributed by atoms with Gasteiger partial charge >= 0.3 is 0 Å². The first-order valence-electron chi connectivity index (χ1n) is 4.91. The second kappa shape index (κ2) is 4.71. The van der Waals surface area contributed by atoms with E-state index in [2.05, 4.69) is 20.6 Å². The van der Waals surface area contributed by atoms with Gasteiger partial charge in [-0.15, -0.1) is 0 Å². The van der Waals surface area contributed by atoms with E-state index in [0.29, 0.717) is 23.1 Å². The smallest absolute Gasteiger partial charge is 0.202 e. The molecule has 0 aromatic carbocycles. The van der Waals surface area contributed by atoms with Crippen LogP contribution < -0.4 is 10.6 Å². The SMILES string of the molecule is COC1=C(C2=NCCN2)C(Cl)N=C(CO)N1. The van der Waals surface area contributed by atoms with Gasteiger partial charge in [-0.3, -0.25) is 4.99 Å². The van der Waals surface area contributed by atoms with Gasteiger partial charge in [0, 0.05) is 6.54 Å². The zero-order valence-corrected chi connectivity index (χ0v) is 9.58. The maximum absolute atomic E-state index is 9.00. The second-order valence-corrected chi connectivity index (χ2v) is 3.71. The molecule has 1 unspecified atom stereocenters. The molecule has 0 aliphatic carbocycles. The van der Waals surface area contributed by atoms with Gasteiger partial charge in [0.1, 0.15) is 18.3 Å². The van der Waals surface area contributed by atoms with E-state index in [1.54, 1.807) is 0 Å². The molecule has 2 aliphatic rings. The molecule has 7 heteroatoms. The van der Waals surface area contributed by atoms with Crippen molar-refractivity contribution in [2.75, 3.05) is 26.8 Å². The van der Waals surface area contributed by atoms with Crippen LogP contribution in [0.3, 0.4) is 0 Å². The van der Waals surface area contributed by atoms with Crippen molar-refractivity contribution in [1.29, 1.82) is 0 Å². The lowest BCUT2D eigenvalue weighted by Gasteiger charge is -2.23. The first kappa shape index (κ1) is 11.2. The van der Waals surface area contributed by atoms with Gasteiger partial charge in [0.05, 0.1) is 19.2 Å². The summed E-state index contributed by atoms with van der Waals surface area (Å²) in [6, 6.07) is 0. The molecule has 88 valence electrons. The monoisotopic (exact) mass is 244 g/mol. The van der Waals surface area contributed by atoms with Crippen molar-refractivity contribution in [2.24, 2.45) is 9.98 Å². The summed E-state index contributed by atoms with van der Waals surface area (Å²) >= 11 is 6.11. The van der Waals surface area contributed by atoms with Crippen molar-refractivity contribution in [3.05, 3.63) is 11.5 Å². The van der Waals surface area contributed by atoms with Crippen LogP contribution in [0.5, 0.6) is 0 Å². The Labute approximate surface area is 98.1 Å². The Bertz CT molecular complexity index is 378. The summed E-state index contributed by atoms with van der Waals surface area (Å²) in [5.74, 6) is 1.57. The number of methoxy groups -OCH3 is 1.